The first kappa shape index (κ1) is 12.6. The van der Waals surface area contributed by atoms with Gasteiger partial charge in [-0.15, -0.1) is 0 Å². The van der Waals surface area contributed by atoms with E-state index in [0.717, 1.165) is 5.92 Å². The van der Waals surface area contributed by atoms with Crippen LogP contribution in [0, 0.1) is 25.7 Å². The van der Waals surface area contributed by atoms with Gasteiger partial charge in [0.15, 0.2) is 0 Å². The summed E-state index contributed by atoms with van der Waals surface area (Å²) in [7, 11) is 0. The lowest BCUT2D eigenvalue weighted by molar-refractivity contribution is 0.256. The summed E-state index contributed by atoms with van der Waals surface area (Å²) < 4.78 is 0. The first-order chi connectivity index (χ1) is 8.08. The lowest BCUT2D eigenvalue weighted by Crippen LogP contribution is -2.25. The van der Waals surface area contributed by atoms with Gasteiger partial charge >= 0.3 is 0 Å². The zero-order valence-electron chi connectivity index (χ0n) is 11.4. The molecule has 0 saturated heterocycles. The van der Waals surface area contributed by atoms with Crippen molar-refractivity contribution < 1.29 is 0 Å². The van der Waals surface area contributed by atoms with E-state index in [9.17, 15) is 0 Å². The van der Waals surface area contributed by atoms with Gasteiger partial charge < -0.3 is 5.73 Å². The maximum Gasteiger partial charge on any atom is 0.0323 e. The van der Waals surface area contributed by atoms with Gasteiger partial charge in [0.2, 0.25) is 0 Å². The molecule has 0 amide bonds. The van der Waals surface area contributed by atoms with E-state index >= 15 is 0 Å². The summed E-state index contributed by atoms with van der Waals surface area (Å²) >= 11 is 0. The van der Waals surface area contributed by atoms with Crippen LogP contribution in [0.2, 0.25) is 0 Å². The first-order valence-electron chi connectivity index (χ1n) is 6.90. The first-order valence-corrected chi connectivity index (χ1v) is 6.90. The van der Waals surface area contributed by atoms with Crippen molar-refractivity contribution in [3.05, 3.63) is 34.9 Å². The molecule has 1 aromatic carbocycles. The fourth-order valence-electron chi connectivity index (χ4n) is 2.89. The lowest BCUT2D eigenvalue weighted by Gasteiger charge is -2.31. The van der Waals surface area contributed by atoms with Gasteiger partial charge in [-0.05, 0) is 55.2 Å². The SMILES string of the molecule is Cc1ccc(C(N)C2CCC(C)CC2)cc1C. The number of hydrogen-bond donors (Lipinski definition) is 1. The van der Waals surface area contributed by atoms with E-state index in [1.54, 1.807) is 0 Å². The molecule has 1 heteroatoms. The van der Waals surface area contributed by atoms with E-state index in [1.807, 2.05) is 0 Å². The third-order valence-electron chi connectivity index (χ3n) is 4.48. The van der Waals surface area contributed by atoms with Crippen molar-refractivity contribution in [2.24, 2.45) is 17.6 Å². The molecule has 17 heavy (non-hydrogen) atoms. The lowest BCUT2D eigenvalue weighted by atomic mass is 9.77. The number of hydrogen-bond acceptors (Lipinski definition) is 1. The van der Waals surface area contributed by atoms with Gasteiger partial charge in [0.05, 0.1) is 0 Å². The van der Waals surface area contributed by atoms with Crippen LogP contribution in [0.1, 0.15) is 55.3 Å². The van der Waals surface area contributed by atoms with Crippen molar-refractivity contribution in [1.82, 2.24) is 0 Å². The van der Waals surface area contributed by atoms with Crippen LogP contribution in [0.25, 0.3) is 0 Å². The molecule has 1 aromatic rings. The Morgan fingerprint density at radius 2 is 1.71 bits per heavy atom. The molecule has 0 aliphatic heterocycles. The zero-order valence-corrected chi connectivity index (χ0v) is 11.4. The number of benzene rings is 1. The zero-order chi connectivity index (χ0) is 12.4. The summed E-state index contributed by atoms with van der Waals surface area (Å²) in [5.74, 6) is 1.59. The molecule has 2 N–H and O–H groups in total. The Hall–Kier alpha value is -0.820. The highest BCUT2D eigenvalue weighted by Crippen LogP contribution is 2.35. The van der Waals surface area contributed by atoms with Gasteiger partial charge in [0.1, 0.15) is 0 Å². The molecule has 0 heterocycles. The maximum absolute atomic E-state index is 6.43. The Labute approximate surface area is 105 Å². The highest BCUT2D eigenvalue weighted by atomic mass is 14.7. The van der Waals surface area contributed by atoms with Crippen LogP contribution in [0.4, 0.5) is 0 Å². The maximum atomic E-state index is 6.43. The standard InChI is InChI=1S/C16H25N/c1-11-4-7-14(8-5-11)16(17)15-9-6-12(2)13(3)10-15/h6,9-11,14,16H,4-5,7-8,17H2,1-3H3. The highest BCUT2D eigenvalue weighted by Gasteiger charge is 2.24. The average molecular weight is 231 g/mol. The van der Waals surface area contributed by atoms with E-state index in [4.69, 9.17) is 5.73 Å². The Morgan fingerprint density at radius 1 is 1.06 bits per heavy atom. The monoisotopic (exact) mass is 231 g/mol. The van der Waals surface area contributed by atoms with Crippen LogP contribution in [0.3, 0.4) is 0 Å². The summed E-state index contributed by atoms with van der Waals surface area (Å²) in [6.07, 6.45) is 5.30. The van der Waals surface area contributed by atoms with Crippen LogP contribution in [-0.2, 0) is 0 Å². The minimum absolute atomic E-state index is 0.238. The minimum atomic E-state index is 0.238. The summed E-state index contributed by atoms with van der Waals surface area (Å²) in [6.45, 7) is 6.69. The molecule has 1 nitrogen and oxygen atoms in total. The molecule has 1 unspecified atom stereocenters. The van der Waals surface area contributed by atoms with E-state index in [0.29, 0.717) is 5.92 Å². The van der Waals surface area contributed by atoms with E-state index in [-0.39, 0.29) is 6.04 Å². The van der Waals surface area contributed by atoms with Crippen molar-refractivity contribution in [3.8, 4) is 0 Å². The predicted octanol–water partition coefficient (Wildman–Crippen LogP) is 4.13. The number of nitrogens with two attached hydrogens (primary N) is 1. The largest absolute Gasteiger partial charge is 0.324 e. The Morgan fingerprint density at radius 3 is 2.29 bits per heavy atom. The molecule has 0 aromatic heterocycles. The summed E-state index contributed by atoms with van der Waals surface area (Å²) in [5.41, 5.74) is 10.5. The van der Waals surface area contributed by atoms with Crippen LogP contribution in [0.5, 0.6) is 0 Å². The second-order valence-electron chi connectivity index (χ2n) is 5.89. The molecule has 1 aliphatic carbocycles. The van der Waals surface area contributed by atoms with Gasteiger partial charge in [0.25, 0.3) is 0 Å². The summed E-state index contributed by atoms with van der Waals surface area (Å²) in [4.78, 5) is 0. The van der Waals surface area contributed by atoms with Crippen LogP contribution in [0.15, 0.2) is 18.2 Å². The molecular formula is C16H25N. The fourth-order valence-corrected chi connectivity index (χ4v) is 2.89. The molecular weight excluding hydrogens is 206 g/mol. The number of rotatable bonds is 2. The molecule has 94 valence electrons. The van der Waals surface area contributed by atoms with Crippen molar-refractivity contribution in [2.45, 2.75) is 52.5 Å². The van der Waals surface area contributed by atoms with Gasteiger partial charge in [-0.2, -0.15) is 0 Å². The quantitative estimate of drug-likeness (QED) is 0.813. The Balaban J connectivity index is 2.08. The summed E-state index contributed by atoms with van der Waals surface area (Å²) in [6, 6.07) is 6.93. The van der Waals surface area contributed by atoms with Gasteiger partial charge in [-0.3, -0.25) is 0 Å². The Kier molecular flexibility index (Phi) is 3.88. The van der Waals surface area contributed by atoms with Crippen LogP contribution in [-0.4, -0.2) is 0 Å². The van der Waals surface area contributed by atoms with Crippen molar-refractivity contribution >= 4 is 0 Å². The third kappa shape index (κ3) is 2.90. The second kappa shape index (κ2) is 5.22. The van der Waals surface area contributed by atoms with Crippen molar-refractivity contribution in [2.75, 3.05) is 0 Å². The molecule has 1 atom stereocenters. The normalized spacial score (nSPS) is 26.8. The van der Waals surface area contributed by atoms with E-state index in [2.05, 4.69) is 39.0 Å². The van der Waals surface area contributed by atoms with E-state index < -0.39 is 0 Å². The molecule has 0 bridgehead atoms. The van der Waals surface area contributed by atoms with Gasteiger partial charge in [-0.25, -0.2) is 0 Å². The Bertz CT molecular complexity index is 375. The van der Waals surface area contributed by atoms with E-state index in [1.165, 1.54) is 42.4 Å². The summed E-state index contributed by atoms with van der Waals surface area (Å²) in [5, 5.41) is 0. The average Bonchev–Trinajstić information content (AvgIpc) is 2.33. The highest BCUT2D eigenvalue weighted by molar-refractivity contribution is 5.31. The fraction of sp³-hybridized carbons (Fsp3) is 0.625. The molecule has 1 fully saturated rings. The smallest absolute Gasteiger partial charge is 0.0323 e. The van der Waals surface area contributed by atoms with Crippen LogP contribution >= 0.6 is 0 Å². The molecule has 0 radical (unpaired) electrons. The molecule has 0 spiro atoms. The second-order valence-corrected chi connectivity index (χ2v) is 5.89. The van der Waals surface area contributed by atoms with Crippen LogP contribution < -0.4 is 5.73 Å². The molecule has 2 rings (SSSR count). The molecule has 1 aliphatic rings. The topological polar surface area (TPSA) is 26.0 Å². The minimum Gasteiger partial charge on any atom is -0.324 e. The van der Waals surface area contributed by atoms with Crippen molar-refractivity contribution in [1.29, 1.82) is 0 Å². The molecule has 1 saturated carbocycles. The third-order valence-corrected chi connectivity index (χ3v) is 4.48. The van der Waals surface area contributed by atoms with Gasteiger partial charge in [-0.1, -0.05) is 38.0 Å². The predicted molar refractivity (Wildman–Crippen MR) is 74.0 cm³/mol. The van der Waals surface area contributed by atoms with Crippen molar-refractivity contribution in [3.63, 3.8) is 0 Å². The van der Waals surface area contributed by atoms with Gasteiger partial charge in [0, 0.05) is 6.04 Å². The number of aryl methyl sites for hydroxylation is 2.